The lowest BCUT2D eigenvalue weighted by molar-refractivity contribution is 0.431. The Labute approximate surface area is 142 Å². The molecule has 2 aliphatic rings. The number of hydrazone groups is 1. The summed E-state index contributed by atoms with van der Waals surface area (Å²) in [5.41, 5.74) is 2.40. The van der Waals surface area contributed by atoms with Gasteiger partial charge in [-0.1, -0.05) is 19.1 Å². The van der Waals surface area contributed by atoms with Crippen LogP contribution >= 0.6 is 11.9 Å². The number of benzene rings is 1. The van der Waals surface area contributed by atoms with Gasteiger partial charge in [-0.3, -0.25) is 14.7 Å². The largest absolute Gasteiger partial charge is 0.295 e. The molecule has 0 radical (unpaired) electrons. The number of fused-ring (bicyclic) bond motifs is 1. The lowest BCUT2D eigenvalue weighted by Crippen LogP contribution is -2.34. The molecule has 5 nitrogen and oxygen atoms in total. The number of hydrogen-bond donors (Lipinski definition) is 1. The smallest absolute Gasteiger partial charge is 0.225 e. The highest BCUT2D eigenvalue weighted by Gasteiger charge is 2.21. The maximum Gasteiger partial charge on any atom is 0.225 e. The van der Waals surface area contributed by atoms with Crippen molar-refractivity contribution in [3.63, 3.8) is 0 Å². The molecule has 0 amide bonds. The van der Waals surface area contributed by atoms with Gasteiger partial charge in [0.05, 0.1) is 17.1 Å². The minimum atomic E-state index is 0.512. The van der Waals surface area contributed by atoms with Crippen LogP contribution in [0.2, 0.25) is 0 Å². The Kier molecular flexibility index (Phi) is 5.33. The molecule has 1 aromatic rings. The summed E-state index contributed by atoms with van der Waals surface area (Å²) in [5.74, 6) is 1.33. The van der Waals surface area contributed by atoms with Gasteiger partial charge in [0, 0.05) is 24.9 Å². The van der Waals surface area contributed by atoms with E-state index in [1.54, 1.807) is 11.9 Å². The van der Waals surface area contributed by atoms with Crippen LogP contribution in [-0.4, -0.2) is 36.5 Å². The third-order valence-electron chi connectivity index (χ3n) is 4.00. The average molecular weight is 329 g/mol. The number of rotatable bonds is 4. The molecule has 0 saturated carbocycles. The zero-order valence-corrected chi connectivity index (χ0v) is 14.5. The molecule has 0 aromatic heterocycles. The van der Waals surface area contributed by atoms with Crippen LogP contribution in [0, 0.1) is 5.92 Å². The number of nitrogens with one attached hydrogen (secondary N) is 1. The molecule has 1 aromatic carbocycles. The number of para-hydroxylation sites is 1. The molecule has 23 heavy (non-hydrogen) atoms. The number of aryl methyl sites for hydroxylation is 1. The topological polar surface area (TPSA) is 52.4 Å². The van der Waals surface area contributed by atoms with Gasteiger partial charge < -0.3 is 0 Å². The van der Waals surface area contributed by atoms with Gasteiger partial charge in [0.25, 0.3) is 0 Å². The first-order valence-electron chi connectivity index (χ1n) is 8.25. The molecule has 2 aliphatic heterocycles. The Morgan fingerprint density at radius 2 is 2.35 bits per heavy atom. The summed E-state index contributed by atoms with van der Waals surface area (Å²) >= 11 is 1.57. The molecule has 0 spiro atoms. The maximum absolute atomic E-state index is 4.57. The molecule has 1 unspecified atom stereocenters. The fourth-order valence-electron chi connectivity index (χ4n) is 2.66. The van der Waals surface area contributed by atoms with Crippen molar-refractivity contribution in [3.05, 3.63) is 23.8 Å². The van der Waals surface area contributed by atoms with E-state index >= 15 is 0 Å². The summed E-state index contributed by atoms with van der Waals surface area (Å²) in [5, 5.41) is 6.44. The summed E-state index contributed by atoms with van der Waals surface area (Å²) in [7, 11) is 0. The number of aliphatic imine (C=N–C) groups is 2. The van der Waals surface area contributed by atoms with Crippen LogP contribution in [0.4, 0.5) is 5.69 Å². The van der Waals surface area contributed by atoms with Gasteiger partial charge in [0.15, 0.2) is 0 Å². The Hall–Kier alpha value is -1.82. The first kappa shape index (κ1) is 16.1. The van der Waals surface area contributed by atoms with E-state index in [4.69, 9.17) is 0 Å². The van der Waals surface area contributed by atoms with Crippen LogP contribution in [0.15, 0.2) is 38.2 Å². The molecule has 122 valence electrons. The molecule has 0 saturated heterocycles. The van der Waals surface area contributed by atoms with Gasteiger partial charge in [-0.25, -0.2) is 5.01 Å². The molecular formula is C17H23N5S. The molecule has 2 heterocycles. The first-order valence-corrected chi connectivity index (χ1v) is 9.06. The van der Waals surface area contributed by atoms with Gasteiger partial charge in [0.2, 0.25) is 5.96 Å². The van der Waals surface area contributed by atoms with E-state index < -0.39 is 0 Å². The minimum Gasteiger partial charge on any atom is -0.295 e. The third-order valence-corrected chi connectivity index (χ3v) is 4.83. The van der Waals surface area contributed by atoms with Crippen LogP contribution in [0.3, 0.4) is 0 Å². The van der Waals surface area contributed by atoms with Crippen molar-refractivity contribution >= 4 is 36.0 Å². The van der Waals surface area contributed by atoms with Crippen LogP contribution in [0.1, 0.15) is 32.3 Å². The highest BCUT2D eigenvalue weighted by Crippen LogP contribution is 2.34. The fraction of sp³-hybridized carbons (Fsp3) is 0.471. The van der Waals surface area contributed by atoms with E-state index in [-0.39, 0.29) is 0 Å². The van der Waals surface area contributed by atoms with Crippen molar-refractivity contribution in [2.24, 2.45) is 21.0 Å². The van der Waals surface area contributed by atoms with Crippen LogP contribution < -0.4 is 4.72 Å². The lowest BCUT2D eigenvalue weighted by Gasteiger charge is -2.20. The van der Waals surface area contributed by atoms with E-state index in [2.05, 4.69) is 44.9 Å². The van der Waals surface area contributed by atoms with Crippen LogP contribution in [0.25, 0.3) is 0 Å². The minimum absolute atomic E-state index is 0.512. The summed E-state index contributed by atoms with van der Waals surface area (Å²) in [6, 6.07) is 6.36. The van der Waals surface area contributed by atoms with Crippen molar-refractivity contribution in [1.82, 2.24) is 9.73 Å². The number of guanidine groups is 1. The van der Waals surface area contributed by atoms with E-state index in [0.29, 0.717) is 5.92 Å². The Morgan fingerprint density at radius 3 is 3.13 bits per heavy atom. The monoisotopic (exact) mass is 329 g/mol. The van der Waals surface area contributed by atoms with Gasteiger partial charge in [-0.05, 0) is 49.8 Å². The third kappa shape index (κ3) is 3.75. The highest BCUT2D eigenvalue weighted by molar-refractivity contribution is 7.98. The molecule has 6 heteroatoms. The second-order valence-electron chi connectivity index (χ2n) is 5.63. The van der Waals surface area contributed by atoms with Crippen molar-refractivity contribution < 1.29 is 0 Å². The summed E-state index contributed by atoms with van der Waals surface area (Å²) in [6.45, 7) is 5.86. The fourth-order valence-corrected chi connectivity index (χ4v) is 3.46. The second-order valence-corrected chi connectivity index (χ2v) is 6.48. The Morgan fingerprint density at radius 1 is 1.43 bits per heavy atom. The molecule has 3 rings (SSSR count). The van der Waals surface area contributed by atoms with E-state index in [9.17, 15) is 0 Å². The van der Waals surface area contributed by atoms with Crippen molar-refractivity contribution in [2.45, 2.75) is 38.0 Å². The Bertz CT molecular complexity index is 638. The van der Waals surface area contributed by atoms with Crippen LogP contribution in [0.5, 0.6) is 0 Å². The average Bonchev–Trinajstić information content (AvgIpc) is 3.07. The summed E-state index contributed by atoms with van der Waals surface area (Å²) in [6.07, 6.45) is 7.22. The number of hydrogen-bond acceptors (Lipinski definition) is 4. The van der Waals surface area contributed by atoms with E-state index in [0.717, 1.165) is 48.9 Å². The summed E-state index contributed by atoms with van der Waals surface area (Å²) < 4.78 is 3.38. The predicted molar refractivity (Wildman–Crippen MR) is 98.9 cm³/mol. The van der Waals surface area contributed by atoms with Crippen molar-refractivity contribution in [2.75, 3.05) is 13.1 Å². The first-order chi connectivity index (χ1) is 11.3. The molecule has 0 fully saturated rings. The maximum atomic E-state index is 4.57. The summed E-state index contributed by atoms with van der Waals surface area (Å²) in [4.78, 5) is 10.3. The van der Waals surface area contributed by atoms with Crippen molar-refractivity contribution in [3.8, 4) is 0 Å². The molecule has 0 aliphatic carbocycles. The van der Waals surface area contributed by atoms with Gasteiger partial charge in [0.1, 0.15) is 0 Å². The van der Waals surface area contributed by atoms with E-state index in [1.807, 2.05) is 24.4 Å². The molecule has 1 N–H and O–H groups in total. The van der Waals surface area contributed by atoms with E-state index in [1.165, 1.54) is 5.56 Å². The number of nitrogens with zero attached hydrogens (tertiary/aromatic N) is 4. The second kappa shape index (κ2) is 7.64. The van der Waals surface area contributed by atoms with Crippen LogP contribution in [-0.2, 0) is 6.42 Å². The standard InChI is InChI=1S/C17H23N5S/c1-3-13-11-20-22(12-13)17(18-4-2)21-23-15-9-5-7-14-8-6-10-19-16(14)15/h5,7,9-11,13H,3-4,6,8,12H2,1-2H3,(H,18,21). The normalized spacial score (nSPS) is 20.0. The van der Waals surface area contributed by atoms with Gasteiger partial charge >= 0.3 is 0 Å². The zero-order chi connectivity index (χ0) is 16.1. The quantitative estimate of drug-likeness (QED) is 0.521. The zero-order valence-electron chi connectivity index (χ0n) is 13.7. The Balaban J connectivity index is 1.70. The predicted octanol–water partition coefficient (Wildman–Crippen LogP) is 3.64. The highest BCUT2D eigenvalue weighted by atomic mass is 32.2. The molecular weight excluding hydrogens is 306 g/mol. The molecule has 1 atom stereocenters. The SMILES string of the molecule is CCN=C(NSc1cccc2c1N=CCC2)N1CC(CC)C=N1. The van der Waals surface area contributed by atoms with Gasteiger partial charge in [-0.15, -0.1) is 0 Å². The molecule has 0 bridgehead atoms. The van der Waals surface area contributed by atoms with Gasteiger partial charge in [-0.2, -0.15) is 5.10 Å². The lowest BCUT2D eigenvalue weighted by atomic mass is 10.1. The van der Waals surface area contributed by atoms with Crippen molar-refractivity contribution in [1.29, 1.82) is 0 Å².